The number of nitrogens with zero attached hydrogens (tertiary/aromatic N) is 3. The van der Waals surface area contributed by atoms with Gasteiger partial charge >= 0.3 is 0 Å². The molecule has 1 aromatic rings. The predicted molar refractivity (Wildman–Crippen MR) is 67.0 cm³/mol. The molecule has 14 heavy (non-hydrogen) atoms. The lowest BCUT2D eigenvalue weighted by molar-refractivity contribution is 0.288. The van der Waals surface area contributed by atoms with E-state index in [0.29, 0.717) is 0 Å². The van der Waals surface area contributed by atoms with Crippen molar-refractivity contribution in [1.82, 2.24) is 14.8 Å². The molecule has 0 spiro atoms. The second-order valence-electron chi connectivity index (χ2n) is 3.26. The lowest BCUT2D eigenvalue weighted by Gasteiger charge is -2.17. The zero-order chi connectivity index (χ0) is 9.10. The minimum Gasteiger partial charge on any atom is -0.362 e. The van der Waals surface area contributed by atoms with Crippen molar-refractivity contribution in [2.24, 2.45) is 0 Å². The van der Waals surface area contributed by atoms with Crippen LogP contribution in [0.2, 0.25) is 0 Å². The number of rotatable bonds is 2. The van der Waals surface area contributed by atoms with E-state index in [2.05, 4.69) is 34.2 Å². The first-order valence-corrected chi connectivity index (χ1v) is 4.37. The van der Waals surface area contributed by atoms with Gasteiger partial charge in [-0.15, -0.1) is 24.0 Å². The molecule has 1 aliphatic heterocycles. The van der Waals surface area contributed by atoms with Gasteiger partial charge in [-0.25, -0.2) is 0 Å². The molecule has 1 aromatic heterocycles. The Kier molecular flexibility index (Phi) is 4.19. The molecule has 0 saturated heterocycles. The Bertz CT molecular complexity index is 299. The second-order valence-corrected chi connectivity index (χ2v) is 3.26. The Balaban J connectivity index is 0.000000980. The lowest BCUT2D eigenvalue weighted by atomic mass is 10.3. The summed E-state index contributed by atoms with van der Waals surface area (Å²) in [5, 5.41) is 0. The number of halogens is 1. The van der Waals surface area contributed by atoms with Crippen LogP contribution in [0, 0.1) is 0 Å². The third-order valence-electron chi connectivity index (χ3n) is 2.03. The fourth-order valence-electron chi connectivity index (χ4n) is 1.39. The van der Waals surface area contributed by atoms with Crippen molar-refractivity contribution < 1.29 is 0 Å². The van der Waals surface area contributed by atoms with E-state index in [1.807, 2.05) is 24.4 Å². The molecule has 0 saturated carbocycles. The van der Waals surface area contributed by atoms with Gasteiger partial charge in [-0.05, 0) is 12.1 Å². The van der Waals surface area contributed by atoms with E-state index in [0.717, 1.165) is 18.9 Å². The van der Waals surface area contributed by atoms with Crippen molar-refractivity contribution in [3.63, 3.8) is 0 Å². The molecule has 0 unspecified atom stereocenters. The molecule has 0 amide bonds. The summed E-state index contributed by atoms with van der Waals surface area (Å²) in [7, 11) is 2.06. The maximum Gasteiger partial charge on any atom is 0.0894 e. The first-order valence-electron chi connectivity index (χ1n) is 4.37. The molecule has 0 radical (unpaired) electrons. The molecule has 0 bridgehead atoms. The topological polar surface area (TPSA) is 19.4 Å². The second kappa shape index (κ2) is 5.19. The molecule has 2 rings (SSSR count). The lowest BCUT2D eigenvalue weighted by Crippen LogP contribution is -2.22. The van der Waals surface area contributed by atoms with E-state index < -0.39 is 0 Å². The quantitative estimate of drug-likeness (QED) is 0.778. The number of aromatic nitrogens is 1. The van der Waals surface area contributed by atoms with Crippen molar-refractivity contribution in [2.75, 3.05) is 13.7 Å². The predicted octanol–water partition coefficient (Wildman–Crippen LogP) is 1.88. The minimum atomic E-state index is 0. The molecular formula is C10H14IN3. The van der Waals surface area contributed by atoms with Gasteiger partial charge in [0.2, 0.25) is 0 Å². The standard InChI is InChI=1S/C10H13N3.HI/c1-12-6-7-13(9-12)8-10-4-2-3-5-11-10;/h2-7H,8-9H2,1H3;1H. The maximum atomic E-state index is 4.27. The van der Waals surface area contributed by atoms with Gasteiger partial charge in [-0.1, -0.05) is 6.07 Å². The van der Waals surface area contributed by atoms with Crippen LogP contribution in [-0.4, -0.2) is 28.5 Å². The zero-order valence-corrected chi connectivity index (χ0v) is 10.5. The number of pyridine rings is 1. The molecule has 0 aromatic carbocycles. The highest BCUT2D eigenvalue weighted by molar-refractivity contribution is 14.0. The van der Waals surface area contributed by atoms with E-state index in [1.54, 1.807) is 0 Å². The average Bonchev–Trinajstić information content (AvgIpc) is 2.53. The average molecular weight is 303 g/mol. The SMILES string of the molecule is CN1C=CN(Cc2ccccn2)C1.I. The Labute approximate surface area is 101 Å². The normalized spacial score (nSPS) is 14.4. The van der Waals surface area contributed by atoms with Gasteiger partial charge in [0.25, 0.3) is 0 Å². The van der Waals surface area contributed by atoms with Crippen molar-refractivity contribution in [3.8, 4) is 0 Å². The molecular weight excluding hydrogens is 289 g/mol. The Morgan fingerprint density at radius 3 is 2.79 bits per heavy atom. The fourth-order valence-corrected chi connectivity index (χ4v) is 1.39. The van der Waals surface area contributed by atoms with Gasteiger partial charge in [-0.3, -0.25) is 4.98 Å². The molecule has 1 aliphatic rings. The minimum absolute atomic E-state index is 0. The van der Waals surface area contributed by atoms with Gasteiger partial charge in [0.05, 0.1) is 18.9 Å². The van der Waals surface area contributed by atoms with E-state index >= 15 is 0 Å². The Morgan fingerprint density at radius 2 is 2.21 bits per heavy atom. The summed E-state index contributed by atoms with van der Waals surface area (Å²) in [6, 6.07) is 6.01. The third-order valence-corrected chi connectivity index (χ3v) is 2.03. The van der Waals surface area contributed by atoms with Crippen LogP contribution < -0.4 is 0 Å². The van der Waals surface area contributed by atoms with Crippen molar-refractivity contribution in [2.45, 2.75) is 6.54 Å². The molecule has 0 fully saturated rings. The van der Waals surface area contributed by atoms with Gasteiger partial charge in [0.15, 0.2) is 0 Å². The summed E-state index contributed by atoms with van der Waals surface area (Å²) in [4.78, 5) is 8.64. The largest absolute Gasteiger partial charge is 0.362 e. The number of hydrogen-bond donors (Lipinski definition) is 0. The van der Waals surface area contributed by atoms with E-state index in [4.69, 9.17) is 0 Å². The summed E-state index contributed by atoms with van der Waals surface area (Å²) in [5.41, 5.74) is 1.11. The van der Waals surface area contributed by atoms with Crippen LogP contribution >= 0.6 is 24.0 Å². The smallest absolute Gasteiger partial charge is 0.0894 e. The van der Waals surface area contributed by atoms with Crippen LogP contribution in [0.25, 0.3) is 0 Å². The van der Waals surface area contributed by atoms with Crippen LogP contribution in [0.3, 0.4) is 0 Å². The van der Waals surface area contributed by atoms with E-state index in [1.165, 1.54) is 0 Å². The van der Waals surface area contributed by atoms with Crippen LogP contribution in [0.4, 0.5) is 0 Å². The van der Waals surface area contributed by atoms with Gasteiger partial charge in [0.1, 0.15) is 0 Å². The molecule has 4 heteroatoms. The van der Waals surface area contributed by atoms with Crippen molar-refractivity contribution in [3.05, 3.63) is 42.5 Å². The highest BCUT2D eigenvalue weighted by Crippen LogP contribution is 2.07. The monoisotopic (exact) mass is 303 g/mol. The molecule has 3 nitrogen and oxygen atoms in total. The summed E-state index contributed by atoms with van der Waals surface area (Å²) >= 11 is 0. The van der Waals surface area contributed by atoms with Crippen LogP contribution in [0.15, 0.2) is 36.8 Å². The van der Waals surface area contributed by atoms with Crippen LogP contribution in [-0.2, 0) is 6.54 Å². The van der Waals surface area contributed by atoms with Crippen LogP contribution in [0.1, 0.15) is 5.69 Å². The van der Waals surface area contributed by atoms with Gasteiger partial charge in [-0.2, -0.15) is 0 Å². The Hall–Kier alpha value is -0.780. The van der Waals surface area contributed by atoms with E-state index in [-0.39, 0.29) is 24.0 Å². The van der Waals surface area contributed by atoms with Gasteiger partial charge in [0, 0.05) is 25.6 Å². The van der Waals surface area contributed by atoms with Crippen molar-refractivity contribution >= 4 is 24.0 Å². The van der Waals surface area contributed by atoms with Crippen molar-refractivity contribution in [1.29, 1.82) is 0 Å². The first-order chi connectivity index (χ1) is 6.34. The fraction of sp³-hybridized carbons (Fsp3) is 0.300. The third kappa shape index (κ3) is 2.87. The molecule has 0 N–H and O–H groups in total. The highest BCUT2D eigenvalue weighted by Gasteiger charge is 2.08. The summed E-state index contributed by atoms with van der Waals surface area (Å²) < 4.78 is 0. The van der Waals surface area contributed by atoms with E-state index in [9.17, 15) is 0 Å². The van der Waals surface area contributed by atoms with Crippen LogP contribution in [0.5, 0.6) is 0 Å². The number of hydrogen-bond acceptors (Lipinski definition) is 3. The summed E-state index contributed by atoms with van der Waals surface area (Å²) in [6.45, 7) is 1.85. The molecule has 76 valence electrons. The summed E-state index contributed by atoms with van der Waals surface area (Å²) in [5.74, 6) is 0. The maximum absolute atomic E-state index is 4.27. The zero-order valence-electron chi connectivity index (χ0n) is 8.13. The molecule has 2 heterocycles. The summed E-state index contributed by atoms with van der Waals surface area (Å²) in [6.07, 6.45) is 6.00. The molecule has 0 aliphatic carbocycles. The van der Waals surface area contributed by atoms with Gasteiger partial charge < -0.3 is 9.80 Å². The Morgan fingerprint density at radius 1 is 1.36 bits per heavy atom. The molecule has 0 atom stereocenters. The highest BCUT2D eigenvalue weighted by atomic mass is 127. The first kappa shape index (κ1) is 11.3.